The first-order valence-electron chi connectivity index (χ1n) is 8.31. The van der Waals surface area contributed by atoms with Crippen molar-refractivity contribution in [3.63, 3.8) is 0 Å². The van der Waals surface area contributed by atoms with Crippen LogP contribution < -0.4 is 4.72 Å². The number of rotatable bonds is 8. The van der Waals surface area contributed by atoms with Gasteiger partial charge in [-0.25, -0.2) is 21.9 Å². The number of halogens is 2. The Labute approximate surface area is 161 Å². The summed E-state index contributed by atoms with van der Waals surface area (Å²) in [6, 6.07) is 7.25. The first-order chi connectivity index (χ1) is 13.1. The molecule has 0 aliphatic carbocycles. The van der Waals surface area contributed by atoms with E-state index in [0.717, 1.165) is 23.3 Å². The van der Waals surface area contributed by atoms with Crippen molar-refractivity contribution in [2.24, 2.45) is 0 Å². The number of sulfonamides is 1. The minimum Gasteiger partial charge on any atom is -0.457 e. The summed E-state index contributed by atoms with van der Waals surface area (Å²) in [6.45, 7) is 2.77. The van der Waals surface area contributed by atoms with Crippen LogP contribution in [0.5, 0.6) is 0 Å². The van der Waals surface area contributed by atoms with Gasteiger partial charge in [0.2, 0.25) is 10.0 Å². The van der Waals surface area contributed by atoms with Gasteiger partial charge in [0.1, 0.15) is 0 Å². The Morgan fingerprint density at radius 2 is 1.71 bits per heavy atom. The lowest BCUT2D eigenvalue weighted by Gasteiger charge is -2.09. The summed E-state index contributed by atoms with van der Waals surface area (Å²) >= 11 is 0. The van der Waals surface area contributed by atoms with Crippen molar-refractivity contribution in [2.75, 3.05) is 13.2 Å². The summed E-state index contributed by atoms with van der Waals surface area (Å²) in [5.41, 5.74) is 1.63. The number of carbonyl (C=O) groups excluding carboxylic acids is 2. The fourth-order valence-corrected chi connectivity index (χ4v) is 3.34. The van der Waals surface area contributed by atoms with E-state index in [9.17, 15) is 26.8 Å². The maximum absolute atomic E-state index is 13.1. The molecule has 0 aliphatic heterocycles. The minimum atomic E-state index is -3.78. The number of esters is 1. The molecule has 0 aromatic heterocycles. The molecule has 2 aromatic rings. The molecule has 0 unspecified atom stereocenters. The topological polar surface area (TPSA) is 89.5 Å². The molecular weight excluding hydrogens is 392 g/mol. The Bertz CT molecular complexity index is 1010. The number of nitrogens with one attached hydrogen (secondary N) is 1. The molecule has 0 heterocycles. The molecule has 0 spiro atoms. The van der Waals surface area contributed by atoms with Crippen molar-refractivity contribution in [1.82, 2.24) is 4.72 Å². The van der Waals surface area contributed by atoms with Gasteiger partial charge in [0, 0.05) is 12.1 Å². The number of Topliss-reactive ketones (excluding diaryl/α,β-unsaturated/α-hetero) is 1. The zero-order valence-electron chi connectivity index (χ0n) is 15.3. The van der Waals surface area contributed by atoms with E-state index in [1.807, 2.05) is 6.92 Å². The van der Waals surface area contributed by atoms with Crippen molar-refractivity contribution in [3.05, 3.63) is 64.7 Å². The lowest BCUT2D eigenvalue weighted by molar-refractivity contribution is -0.142. The fourth-order valence-electron chi connectivity index (χ4n) is 2.22. The molecule has 0 aliphatic rings. The van der Waals surface area contributed by atoms with Crippen LogP contribution in [0.15, 0.2) is 41.3 Å². The predicted octanol–water partition coefficient (Wildman–Crippen LogP) is 2.68. The summed E-state index contributed by atoms with van der Waals surface area (Å²) in [5.74, 6) is -3.79. The number of ketones is 1. The third kappa shape index (κ3) is 5.67. The molecule has 150 valence electrons. The van der Waals surface area contributed by atoms with Crippen LogP contribution in [0.2, 0.25) is 0 Å². The molecule has 1 N–H and O–H groups in total. The maximum Gasteiger partial charge on any atom is 0.307 e. The molecule has 2 rings (SSSR count). The van der Waals surface area contributed by atoms with Gasteiger partial charge in [0.15, 0.2) is 24.0 Å². The molecule has 0 amide bonds. The predicted molar refractivity (Wildman–Crippen MR) is 97.4 cm³/mol. The van der Waals surface area contributed by atoms with Crippen LogP contribution >= 0.6 is 0 Å². The highest BCUT2D eigenvalue weighted by molar-refractivity contribution is 7.89. The number of carbonyl (C=O) groups is 2. The smallest absolute Gasteiger partial charge is 0.307 e. The minimum absolute atomic E-state index is 0.0810. The highest BCUT2D eigenvalue weighted by atomic mass is 32.2. The normalized spacial score (nSPS) is 11.3. The van der Waals surface area contributed by atoms with Gasteiger partial charge in [-0.05, 0) is 55.3 Å². The van der Waals surface area contributed by atoms with Gasteiger partial charge >= 0.3 is 5.97 Å². The van der Waals surface area contributed by atoms with Gasteiger partial charge in [-0.3, -0.25) is 9.59 Å². The Kier molecular flexibility index (Phi) is 6.98. The summed E-state index contributed by atoms with van der Waals surface area (Å²) in [4.78, 5) is 23.6. The van der Waals surface area contributed by atoms with E-state index in [-0.39, 0.29) is 23.4 Å². The van der Waals surface area contributed by atoms with Gasteiger partial charge < -0.3 is 4.74 Å². The largest absolute Gasteiger partial charge is 0.457 e. The van der Waals surface area contributed by atoms with Crippen molar-refractivity contribution in [3.8, 4) is 0 Å². The zero-order chi connectivity index (χ0) is 20.9. The number of hydrogen-bond donors (Lipinski definition) is 1. The second-order valence-electron chi connectivity index (χ2n) is 6.11. The molecule has 0 saturated heterocycles. The third-order valence-electron chi connectivity index (χ3n) is 4.02. The van der Waals surface area contributed by atoms with Crippen LogP contribution in [0.4, 0.5) is 8.78 Å². The van der Waals surface area contributed by atoms with E-state index in [1.54, 1.807) is 13.0 Å². The van der Waals surface area contributed by atoms with Crippen LogP contribution in [-0.2, 0) is 19.6 Å². The molecule has 28 heavy (non-hydrogen) atoms. The molecule has 0 radical (unpaired) electrons. The van der Waals surface area contributed by atoms with Crippen LogP contribution in [0.25, 0.3) is 0 Å². The van der Waals surface area contributed by atoms with Gasteiger partial charge in [0.25, 0.3) is 0 Å². The Balaban J connectivity index is 1.82. The van der Waals surface area contributed by atoms with Crippen LogP contribution in [0.3, 0.4) is 0 Å². The van der Waals surface area contributed by atoms with Crippen LogP contribution in [0.1, 0.15) is 27.9 Å². The quantitative estimate of drug-likeness (QED) is 0.533. The van der Waals surface area contributed by atoms with Gasteiger partial charge in [-0.15, -0.1) is 0 Å². The molecule has 6 nitrogen and oxygen atoms in total. The van der Waals surface area contributed by atoms with Gasteiger partial charge in [-0.1, -0.05) is 6.07 Å². The van der Waals surface area contributed by atoms with E-state index < -0.39 is 40.0 Å². The Morgan fingerprint density at radius 3 is 2.36 bits per heavy atom. The van der Waals surface area contributed by atoms with E-state index in [0.29, 0.717) is 6.07 Å². The number of benzene rings is 2. The fraction of sp³-hybridized carbons (Fsp3) is 0.263. The summed E-state index contributed by atoms with van der Waals surface area (Å²) in [7, 11) is -3.78. The SMILES string of the molecule is Cc1ccc(S(=O)(=O)NCCC(=O)OCC(=O)c2ccc(F)c(F)c2)cc1C. The molecule has 0 bridgehead atoms. The summed E-state index contributed by atoms with van der Waals surface area (Å²) in [5, 5.41) is 0. The average Bonchev–Trinajstić information content (AvgIpc) is 2.64. The van der Waals surface area contributed by atoms with E-state index in [2.05, 4.69) is 4.72 Å². The molecule has 9 heteroatoms. The van der Waals surface area contributed by atoms with Crippen molar-refractivity contribution in [2.45, 2.75) is 25.2 Å². The van der Waals surface area contributed by atoms with Gasteiger partial charge in [-0.2, -0.15) is 0 Å². The highest BCUT2D eigenvalue weighted by Gasteiger charge is 2.16. The Hall–Kier alpha value is -2.65. The van der Waals surface area contributed by atoms with Gasteiger partial charge in [0.05, 0.1) is 11.3 Å². The van der Waals surface area contributed by atoms with E-state index in [4.69, 9.17) is 4.74 Å². The van der Waals surface area contributed by atoms with Crippen LogP contribution in [-0.4, -0.2) is 33.3 Å². The van der Waals surface area contributed by atoms with Crippen molar-refractivity contribution in [1.29, 1.82) is 0 Å². The molecule has 2 aromatic carbocycles. The highest BCUT2D eigenvalue weighted by Crippen LogP contribution is 2.14. The molecule has 0 saturated carbocycles. The van der Waals surface area contributed by atoms with E-state index in [1.165, 1.54) is 12.1 Å². The zero-order valence-corrected chi connectivity index (χ0v) is 16.1. The third-order valence-corrected chi connectivity index (χ3v) is 5.47. The molecular formula is C19H19F2NO5S. The maximum atomic E-state index is 13.1. The second-order valence-corrected chi connectivity index (χ2v) is 7.87. The first-order valence-corrected chi connectivity index (χ1v) is 9.79. The molecule has 0 atom stereocenters. The van der Waals surface area contributed by atoms with E-state index >= 15 is 0 Å². The number of hydrogen-bond acceptors (Lipinski definition) is 5. The average molecular weight is 411 g/mol. The van der Waals surface area contributed by atoms with Crippen LogP contribution in [0, 0.1) is 25.5 Å². The lowest BCUT2D eigenvalue weighted by atomic mass is 10.1. The Morgan fingerprint density at radius 1 is 1.00 bits per heavy atom. The summed E-state index contributed by atoms with van der Waals surface area (Å²) < 4.78 is 57.4. The van der Waals surface area contributed by atoms with Crippen molar-refractivity contribution < 1.29 is 31.5 Å². The second kappa shape index (κ2) is 9.03. The molecule has 0 fully saturated rings. The summed E-state index contributed by atoms with van der Waals surface area (Å²) in [6.07, 6.45) is -0.296. The lowest BCUT2D eigenvalue weighted by Crippen LogP contribution is -2.27. The monoisotopic (exact) mass is 411 g/mol. The number of ether oxygens (including phenoxy) is 1. The van der Waals surface area contributed by atoms with Crippen molar-refractivity contribution >= 4 is 21.8 Å². The number of aryl methyl sites for hydroxylation is 2. The standard InChI is InChI=1S/C19H19F2NO5S/c1-12-3-5-15(9-13(12)2)28(25,26)22-8-7-19(24)27-11-18(23)14-4-6-16(20)17(21)10-14/h3-6,9-10,22H,7-8,11H2,1-2H3. The first kappa shape index (κ1) is 21.6.